The summed E-state index contributed by atoms with van der Waals surface area (Å²) >= 11 is 0. The van der Waals surface area contributed by atoms with E-state index in [4.69, 9.17) is 4.74 Å². The van der Waals surface area contributed by atoms with Crippen LogP contribution in [0.1, 0.15) is 38.4 Å². The summed E-state index contributed by atoms with van der Waals surface area (Å²) < 4.78 is 5.43. The molecule has 2 atom stereocenters. The van der Waals surface area contributed by atoms with Crippen LogP contribution in [0.5, 0.6) is 5.88 Å². The van der Waals surface area contributed by atoms with Crippen LogP contribution >= 0.6 is 0 Å². The Morgan fingerprint density at radius 2 is 2.16 bits per heavy atom. The molecule has 1 saturated carbocycles. The van der Waals surface area contributed by atoms with Crippen LogP contribution in [0.4, 0.5) is 5.82 Å². The summed E-state index contributed by atoms with van der Waals surface area (Å²) in [6, 6.07) is 2.13. The van der Waals surface area contributed by atoms with Crippen LogP contribution in [0.2, 0.25) is 0 Å². The minimum Gasteiger partial charge on any atom is -0.478 e. The second-order valence-electron chi connectivity index (χ2n) is 5.05. The number of hydrogen-bond donors (Lipinski definition) is 2. The van der Waals surface area contributed by atoms with E-state index in [0.717, 1.165) is 18.7 Å². The number of aliphatic hydroxyl groups excluding tert-OH is 1. The van der Waals surface area contributed by atoms with Gasteiger partial charge in [-0.15, -0.1) is 0 Å². The average molecular weight is 265 g/mol. The van der Waals surface area contributed by atoms with Crippen molar-refractivity contribution in [1.29, 1.82) is 0 Å². The molecule has 0 spiro atoms. The summed E-state index contributed by atoms with van der Waals surface area (Å²) in [5.41, 5.74) is 0. The molecule has 1 aliphatic rings. The van der Waals surface area contributed by atoms with E-state index in [1.807, 2.05) is 19.9 Å². The molecule has 0 aliphatic heterocycles. The maximum atomic E-state index is 9.44. The number of ether oxygens (including phenoxy) is 1. The third kappa shape index (κ3) is 3.80. The van der Waals surface area contributed by atoms with Gasteiger partial charge in [-0.2, -0.15) is 4.98 Å². The molecule has 5 heteroatoms. The van der Waals surface area contributed by atoms with E-state index in [9.17, 15) is 5.11 Å². The van der Waals surface area contributed by atoms with Gasteiger partial charge in [0.05, 0.1) is 6.61 Å². The van der Waals surface area contributed by atoms with Crippen molar-refractivity contribution < 1.29 is 9.84 Å². The SMILES string of the molecule is CCOc1cc(NC2CCCCC2CO)nc(C)n1. The summed E-state index contributed by atoms with van der Waals surface area (Å²) in [6.45, 7) is 4.63. The lowest BCUT2D eigenvalue weighted by Gasteiger charge is -2.31. The summed E-state index contributed by atoms with van der Waals surface area (Å²) in [4.78, 5) is 8.63. The molecule has 1 aromatic heterocycles. The van der Waals surface area contributed by atoms with E-state index in [2.05, 4.69) is 15.3 Å². The van der Waals surface area contributed by atoms with E-state index in [-0.39, 0.29) is 6.61 Å². The number of nitrogens with zero attached hydrogens (tertiary/aromatic N) is 2. The topological polar surface area (TPSA) is 67.3 Å². The molecule has 0 bridgehead atoms. The van der Waals surface area contributed by atoms with Gasteiger partial charge in [-0.1, -0.05) is 12.8 Å². The maximum Gasteiger partial charge on any atom is 0.218 e. The molecule has 0 radical (unpaired) electrons. The Bertz CT molecular complexity index is 412. The maximum absolute atomic E-state index is 9.44. The van der Waals surface area contributed by atoms with Gasteiger partial charge in [-0.05, 0) is 26.7 Å². The highest BCUT2D eigenvalue weighted by Gasteiger charge is 2.24. The second-order valence-corrected chi connectivity index (χ2v) is 5.05. The molecule has 1 fully saturated rings. The zero-order valence-corrected chi connectivity index (χ0v) is 11.7. The fourth-order valence-corrected chi connectivity index (χ4v) is 2.64. The third-order valence-corrected chi connectivity index (χ3v) is 3.58. The smallest absolute Gasteiger partial charge is 0.218 e. The van der Waals surface area contributed by atoms with Gasteiger partial charge in [0.2, 0.25) is 5.88 Å². The summed E-state index contributed by atoms with van der Waals surface area (Å²) in [6.07, 6.45) is 4.57. The van der Waals surface area contributed by atoms with Crippen LogP contribution in [-0.4, -0.2) is 34.3 Å². The summed E-state index contributed by atoms with van der Waals surface area (Å²) in [7, 11) is 0. The van der Waals surface area contributed by atoms with Gasteiger partial charge in [0.25, 0.3) is 0 Å². The van der Waals surface area contributed by atoms with Crippen molar-refractivity contribution in [3.63, 3.8) is 0 Å². The van der Waals surface area contributed by atoms with Gasteiger partial charge in [0, 0.05) is 24.6 Å². The zero-order valence-electron chi connectivity index (χ0n) is 11.7. The van der Waals surface area contributed by atoms with Gasteiger partial charge >= 0.3 is 0 Å². The summed E-state index contributed by atoms with van der Waals surface area (Å²) in [5, 5.41) is 12.9. The van der Waals surface area contributed by atoms with Crippen molar-refractivity contribution in [1.82, 2.24) is 9.97 Å². The molecule has 1 heterocycles. The van der Waals surface area contributed by atoms with Crippen LogP contribution in [-0.2, 0) is 0 Å². The Labute approximate surface area is 114 Å². The van der Waals surface area contributed by atoms with Crippen LogP contribution in [0.25, 0.3) is 0 Å². The van der Waals surface area contributed by atoms with E-state index in [1.165, 1.54) is 12.8 Å². The zero-order chi connectivity index (χ0) is 13.7. The molecular weight excluding hydrogens is 242 g/mol. The van der Waals surface area contributed by atoms with Crippen molar-refractivity contribution in [2.75, 3.05) is 18.5 Å². The lowest BCUT2D eigenvalue weighted by molar-refractivity contribution is 0.178. The molecule has 0 aromatic carbocycles. The standard InChI is InChI=1S/C14H23N3O2/c1-3-19-14-8-13(15-10(2)16-14)17-12-7-5-4-6-11(12)9-18/h8,11-12,18H,3-7,9H2,1-2H3,(H,15,16,17). The molecule has 2 N–H and O–H groups in total. The lowest BCUT2D eigenvalue weighted by Crippen LogP contribution is -2.34. The summed E-state index contributed by atoms with van der Waals surface area (Å²) in [5.74, 6) is 2.42. The molecule has 1 aliphatic carbocycles. The quantitative estimate of drug-likeness (QED) is 0.854. The fraction of sp³-hybridized carbons (Fsp3) is 0.714. The fourth-order valence-electron chi connectivity index (χ4n) is 2.64. The Balaban J connectivity index is 2.08. The van der Waals surface area contributed by atoms with Gasteiger partial charge < -0.3 is 15.2 Å². The molecule has 1 aromatic rings. The van der Waals surface area contributed by atoms with Crippen LogP contribution in [0.3, 0.4) is 0 Å². The molecule has 2 rings (SSSR count). The predicted octanol–water partition coefficient (Wildman–Crippen LogP) is 2.15. The number of nitrogens with one attached hydrogen (secondary N) is 1. The highest BCUT2D eigenvalue weighted by molar-refractivity contribution is 5.39. The predicted molar refractivity (Wildman–Crippen MR) is 74.4 cm³/mol. The Morgan fingerprint density at radius 1 is 1.37 bits per heavy atom. The Morgan fingerprint density at radius 3 is 2.89 bits per heavy atom. The van der Waals surface area contributed by atoms with E-state index < -0.39 is 0 Å². The second kappa shape index (κ2) is 6.70. The largest absolute Gasteiger partial charge is 0.478 e. The first kappa shape index (κ1) is 14.1. The monoisotopic (exact) mass is 265 g/mol. The van der Waals surface area contributed by atoms with Crippen LogP contribution < -0.4 is 10.1 Å². The minimum atomic E-state index is 0.236. The Hall–Kier alpha value is -1.36. The van der Waals surface area contributed by atoms with Crippen molar-refractivity contribution in [2.24, 2.45) is 5.92 Å². The molecule has 106 valence electrons. The highest BCUT2D eigenvalue weighted by atomic mass is 16.5. The molecule has 2 unspecified atom stereocenters. The van der Waals surface area contributed by atoms with Crippen molar-refractivity contribution in [2.45, 2.75) is 45.6 Å². The highest BCUT2D eigenvalue weighted by Crippen LogP contribution is 2.27. The van der Waals surface area contributed by atoms with Crippen LogP contribution in [0.15, 0.2) is 6.07 Å². The molecule has 19 heavy (non-hydrogen) atoms. The number of anilines is 1. The Kier molecular flexibility index (Phi) is 4.96. The van der Waals surface area contributed by atoms with Gasteiger partial charge in [0.15, 0.2) is 0 Å². The first-order valence-electron chi connectivity index (χ1n) is 7.08. The molecule has 0 amide bonds. The normalized spacial score (nSPS) is 23.1. The minimum absolute atomic E-state index is 0.236. The van der Waals surface area contributed by atoms with Gasteiger partial charge in [-0.3, -0.25) is 0 Å². The molecule has 5 nitrogen and oxygen atoms in total. The van der Waals surface area contributed by atoms with Crippen molar-refractivity contribution in [3.05, 3.63) is 11.9 Å². The first-order valence-corrected chi connectivity index (χ1v) is 7.08. The van der Waals surface area contributed by atoms with Crippen LogP contribution in [0, 0.1) is 12.8 Å². The number of aliphatic hydroxyl groups is 1. The average Bonchev–Trinajstić information content (AvgIpc) is 2.39. The first-order chi connectivity index (χ1) is 9.22. The number of aromatic nitrogens is 2. The van der Waals surface area contributed by atoms with Gasteiger partial charge in [0.1, 0.15) is 11.6 Å². The molecular formula is C14H23N3O2. The van der Waals surface area contributed by atoms with E-state index >= 15 is 0 Å². The van der Waals surface area contributed by atoms with E-state index in [0.29, 0.717) is 30.3 Å². The molecule has 0 saturated heterocycles. The number of aryl methyl sites for hydroxylation is 1. The number of hydrogen-bond acceptors (Lipinski definition) is 5. The third-order valence-electron chi connectivity index (χ3n) is 3.58. The van der Waals surface area contributed by atoms with Crippen molar-refractivity contribution in [3.8, 4) is 5.88 Å². The lowest BCUT2D eigenvalue weighted by atomic mass is 9.85. The van der Waals surface area contributed by atoms with Crippen molar-refractivity contribution >= 4 is 5.82 Å². The van der Waals surface area contributed by atoms with E-state index in [1.54, 1.807) is 0 Å². The van der Waals surface area contributed by atoms with Gasteiger partial charge in [-0.25, -0.2) is 4.98 Å². The number of rotatable bonds is 5.